The first kappa shape index (κ1) is 65.6. The van der Waals surface area contributed by atoms with Crippen LogP contribution >= 0.6 is 0 Å². The molecule has 490 valence electrons. The molecule has 0 aliphatic heterocycles. The molecule has 0 aromatic heterocycles. The summed E-state index contributed by atoms with van der Waals surface area (Å²) in [5.41, 5.74) is -6.67. The lowest BCUT2D eigenvalue weighted by atomic mass is 10.1. The van der Waals surface area contributed by atoms with Gasteiger partial charge in [-0.3, -0.25) is 0 Å². The molecule has 0 aliphatic rings. The predicted molar refractivity (Wildman–Crippen MR) is 308 cm³/mol. The van der Waals surface area contributed by atoms with Crippen molar-refractivity contribution < 1.29 is 168 Å². The summed E-state index contributed by atoms with van der Waals surface area (Å²) >= 11 is 0. The van der Waals surface area contributed by atoms with Gasteiger partial charge in [0.15, 0.2) is 138 Å². The highest BCUT2D eigenvalue weighted by atomic mass is 16.6. The van der Waals surface area contributed by atoms with Gasteiger partial charge in [0, 0.05) is 0 Å². The Bertz CT molecular complexity index is 4190. The second-order valence-corrected chi connectivity index (χ2v) is 19.3. The van der Waals surface area contributed by atoms with Gasteiger partial charge >= 0.3 is 47.8 Å². The van der Waals surface area contributed by atoms with Crippen molar-refractivity contribution in [2.24, 2.45) is 0 Å². The topological polar surface area (TPSA) is 575 Å². The molecular formula is C62H38O34. The Hall–Kier alpha value is -14.9. The Morgan fingerprint density at radius 3 is 0.490 bits per heavy atom. The molecule has 0 spiro atoms. The summed E-state index contributed by atoms with van der Waals surface area (Å²) in [4.78, 5) is 112. The molecule has 96 heavy (non-hydrogen) atoms. The second kappa shape index (κ2) is 25.9. The Labute approximate surface area is 529 Å². The Morgan fingerprint density at radius 1 is 0.188 bits per heavy atom. The number of carbonyl (C=O) groups is 8. The molecule has 0 saturated carbocycles. The third-order valence-electron chi connectivity index (χ3n) is 12.8. The van der Waals surface area contributed by atoms with Gasteiger partial charge in [-0.25, -0.2) is 38.4 Å². The van der Waals surface area contributed by atoms with E-state index in [1.54, 1.807) is 0 Å². The maximum atomic E-state index is 14.5. The fraction of sp³-hybridized carbons (Fsp3) is 0. The lowest BCUT2D eigenvalue weighted by Gasteiger charge is -2.18. The average molecular weight is 1330 g/mol. The van der Waals surface area contributed by atoms with Crippen LogP contribution in [0.15, 0.2) is 121 Å². The van der Waals surface area contributed by atoms with E-state index in [9.17, 15) is 130 Å². The van der Waals surface area contributed by atoms with Crippen molar-refractivity contribution in [3.8, 4) is 149 Å². The van der Waals surface area contributed by atoms with E-state index in [0.29, 0.717) is 97.1 Å². The van der Waals surface area contributed by atoms with E-state index in [1.807, 2.05) is 0 Å². The van der Waals surface area contributed by atoms with E-state index >= 15 is 0 Å². The van der Waals surface area contributed by atoms with E-state index in [-0.39, 0.29) is 0 Å². The van der Waals surface area contributed by atoms with Crippen molar-refractivity contribution in [2.75, 3.05) is 0 Å². The highest BCUT2D eigenvalue weighted by Crippen LogP contribution is 2.47. The lowest BCUT2D eigenvalue weighted by Crippen LogP contribution is -2.18. The van der Waals surface area contributed by atoms with Crippen LogP contribution in [-0.2, 0) is 0 Å². The predicted octanol–water partition coefficient (Wildman–Crippen LogP) is 6.14. The fourth-order valence-corrected chi connectivity index (χ4v) is 8.10. The molecular weight excluding hydrogens is 1290 g/mol. The van der Waals surface area contributed by atoms with Crippen molar-refractivity contribution in [1.29, 1.82) is 0 Å². The zero-order chi connectivity index (χ0) is 70.0. The maximum absolute atomic E-state index is 14.5. The van der Waals surface area contributed by atoms with Crippen LogP contribution < -0.4 is 37.9 Å². The second-order valence-electron chi connectivity index (χ2n) is 19.3. The van der Waals surface area contributed by atoms with Gasteiger partial charge in [0.25, 0.3) is 0 Å². The smallest absolute Gasteiger partial charge is 0.344 e. The molecule has 0 unspecified atom stereocenters. The van der Waals surface area contributed by atoms with Crippen LogP contribution in [0.3, 0.4) is 0 Å². The van der Waals surface area contributed by atoms with E-state index in [4.69, 9.17) is 37.9 Å². The maximum Gasteiger partial charge on any atom is 0.344 e. The number of hydrogen-bond acceptors (Lipinski definition) is 34. The number of rotatable bonds is 16. The largest absolute Gasteiger partial charge is 0.504 e. The van der Waals surface area contributed by atoms with E-state index in [1.165, 1.54) is 0 Å². The SMILES string of the molecule is O=C(Oc1ccccc1OC(=O)c1cc(OC(=O)c2cc(O)c(O)c(O)c2)c(OC(=O)c2cc(O)c(O)c(O)c2)c(OC(=O)c2cc(O)c(O)c(O)c2)c1)c1cc(OC(=O)c2cc(O)c(O)c(O)c2)c(OC(=O)c2cc(O)c(O)c(O)c2)c(OC(=O)c2cc(O)c(O)c(O)c2)c1. The molecule has 0 saturated heterocycles. The molecule has 34 nitrogen and oxygen atoms in total. The summed E-state index contributed by atoms with van der Waals surface area (Å²) < 4.78 is 43.7. The molecule has 34 heteroatoms. The number of hydrogen-bond donors (Lipinski definition) is 18. The summed E-state index contributed by atoms with van der Waals surface area (Å²) in [6, 6.07) is 12.9. The summed E-state index contributed by atoms with van der Waals surface area (Å²) in [7, 11) is 0. The van der Waals surface area contributed by atoms with Crippen LogP contribution in [0.2, 0.25) is 0 Å². The van der Waals surface area contributed by atoms with Gasteiger partial charge in [0.05, 0.1) is 44.5 Å². The van der Waals surface area contributed by atoms with Gasteiger partial charge in [-0.15, -0.1) is 0 Å². The molecule has 0 fully saturated rings. The standard InChI is InChI=1S/C62H38O34/c63-29-5-21(6-30(64)47(29)75)55(81)91-43-17-27(18-44(92-56(82)22-7-31(65)48(76)32(66)8-22)53(43)95-61(87)25-13-37(71)51(79)38(72)14-25)59(85)89-41-3-1-2-4-42(41)90-60(86)28-19-45(93-57(83)23-9-33(67)49(77)34(68)10-23)54(96-62(88)26-15-39(73)52(80)40(74)16-26)46(20-28)94-58(84)24-11-35(69)50(78)36(70)12-24/h1-20,63-80H. The monoisotopic (exact) mass is 1330 g/mol. The minimum Gasteiger partial charge on any atom is -0.504 e. The molecule has 0 amide bonds. The number of phenols is 18. The highest BCUT2D eigenvalue weighted by Gasteiger charge is 2.32. The van der Waals surface area contributed by atoms with E-state index < -0.39 is 242 Å². The number of phenolic OH excluding ortho intramolecular Hbond substituents is 18. The Morgan fingerprint density at radius 2 is 0.323 bits per heavy atom. The van der Waals surface area contributed by atoms with Crippen LogP contribution in [-0.4, -0.2) is 140 Å². The van der Waals surface area contributed by atoms with Crippen molar-refractivity contribution in [3.63, 3.8) is 0 Å². The molecule has 9 aromatic rings. The van der Waals surface area contributed by atoms with Crippen molar-refractivity contribution in [2.45, 2.75) is 0 Å². The van der Waals surface area contributed by atoms with Gasteiger partial charge in [0.1, 0.15) is 0 Å². The fourth-order valence-electron chi connectivity index (χ4n) is 8.10. The first-order chi connectivity index (χ1) is 45.3. The molecule has 9 rings (SSSR count). The van der Waals surface area contributed by atoms with Crippen LogP contribution in [0.1, 0.15) is 82.9 Å². The van der Waals surface area contributed by atoms with E-state index in [2.05, 4.69) is 0 Å². The summed E-state index contributed by atoms with van der Waals surface area (Å²) in [6.45, 7) is 0. The first-order valence-corrected chi connectivity index (χ1v) is 26.0. The van der Waals surface area contributed by atoms with Gasteiger partial charge in [-0.2, -0.15) is 0 Å². The highest BCUT2D eigenvalue weighted by molar-refractivity contribution is 6.02. The quantitative estimate of drug-likeness (QED) is 0.0293. The number of para-hydroxylation sites is 2. The van der Waals surface area contributed by atoms with Gasteiger partial charge in [0.2, 0.25) is 11.5 Å². The zero-order valence-electron chi connectivity index (χ0n) is 47.1. The van der Waals surface area contributed by atoms with Gasteiger partial charge < -0.3 is 130 Å². The first-order valence-electron chi connectivity index (χ1n) is 26.0. The van der Waals surface area contributed by atoms with Crippen LogP contribution in [0.25, 0.3) is 0 Å². The molecule has 9 aromatic carbocycles. The number of aromatic hydroxyl groups is 18. The minimum atomic E-state index is -1.65. The van der Waals surface area contributed by atoms with Crippen LogP contribution in [0, 0.1) is 0 Å². The third-order valence-corrected chi connectivity index (χ3v) is 12.8. The van der Waals surface area contributed by atoms with E-state index in [0.717, 1.165) is 24.3 Å². The Kier molecular flexibility index (Phi) is 17.7. The van der Waals surface area contributed by atoms with Gasteiger partial charge in [-0.1, -0.05) is 12.1 Å². The molecule has 18 N–H and O–H groups in total. The molecule has 0 bridgehead atoms. The summed E-state index contributed by atoms with van der Waals surface area (Å²) in [5, 5.41) is 182. The third kappa shape index (κ3) is 13.7. The van der Waals surface area contributed by atoms with Crippen molar-refractivity contribution >= 4 is 47.8 Å². The number of esters is 8. The molecule has 0 radical (unpaired) electrons. The number of ether oxygens (including phenoxy) is 8. The van der Waals surface area contributed by atoms with Crippen LogP contribution in [0.4, 0.5) is 0 Å². The van der Waals surface area contributed by atoms with Gasteiger partial charge in [-0.05, 0) is 109 Å². The van der Waals surface area contributed by atoms with Crippen molar-refractivity contribution in [3.05, 3.63) is 166 Å². The van der Waals surface area contributed by atoms with Crippen LogP contribution in [0.5, 0.6) is 149 Å². The number of carbonyl (C=O) groups excluding carboxylic acids is 8. The zero-order valence-corrected chi connectivity index (χ0v) is 47.1. The normalized spacial score (nSPS) is 10.8. The molecule has 0 atom stereocenters. The van der Waals surface area contributed by atoms with Crippen molar-refractivity contribution in [1.82, 2.24) is 0 Å². The summed E-state index contributed by atoms with van der Waals surface area (Å²) in [5.74, 6) is -41.9. The molecule has 0 heterocycles. The summed E-state index contributed by atoms with van der Waals surface area (Å²) in [6.07, 6.45) is 0. The molecule has 0 aliphatic carbocycles. The minimum absolute atomic E-state index is 0.536. The number of benzene rings is 9. The Balaban J connectivity index is 1.15. The lowest BCUT2D eigenvalue weighted by molar-refractivity contribution is 0.0648. The average Bonchev–Trinajstić information content (AvgIpc) is 0.791.